The summed E-state index contributed by atoms with van der Waals surface area (Å²) in [7, 11) is 0. The van der Waals surface area contributed by atoms with Crippen LogP contribution in [0, 0.1) is 0 Å². The summed E-state index contributed by atoms with van der Waals surface area (Å²) in [6.45, 7) is 0.563. The lowest BCUT2D eigenvalue weighted by Crippen LogP contribution is -2.14. The molecule has 2 aromatic rings. The Morgan fingerprint density at radius 2 is 2.33 bits per heavy atom. The number of nitrogens with one attached hydrogen (secondary N) is 1. The Balaban J connectivity index is 1.88. The van der Waals surface area contributed by atoms with E-state index in [2.05, 4.69) is 26.3 Å². The van der Waals surface area contributed by atoms with Crippen LogP contribution in [0.15, 0.2) is 41.1 Å². The molecule has 0 unspecified atom stereocenters. The van der Waals surface area contributed by atoms with E-state index in [1.165, 1.54) is 0 Å². The number of hydrogen-bond donors (Lipinski definition) is 1. The van der Waals surface area contributed by atoms with Gasteiger partial charge in [0, 0.05) is 35.5 Å². The molecule has 6 heteroatoms. The zero-order chi connectivity index (χ0) is 13.0. The maximum Gasteiger partial charge on any atom is 0.226 e. The number of carbonyl (C=O) groups is 1. The molecule has 0 atom stereocenters. The number of benzene rings is 1. The van der Waals surface area contributed by atoms with Crippen molar-refractivity contribution in [3.05, 3.63) is 46.2 Å². The fraction of sp³-hybridized carbons (Fsp3) is 0.167. The minimum absolute atomic E-state index is 0.0558. The van der Waals surface area contributed by atoms with Gasteiger partial charge < -0.3 is 5.32 Å². The van der Waals surface area contributed by atoms with E-state index >= 15 is 0 Å². The molecule has 0 aliphatic rings. The highest BCUT2D eigenvalue weighted by Crippen LogP contribution is 2.25. The number of carbonyl (C=O) groups excluding carboxylic acids is 1. The lowest BCUT2D eigenvalue weighted by Gasteiger charge is -2.06. The second kappa shape index (κ2) is 6.02. The summed E-state index contributed by atoms with van der Waals surface area (Å²) in [6.07, 6.45) is 3.89. The van der Waals surface area contributed by atoms with Crippen molar-refractivity contribution in [2.75, 3.05) is 5.32 Å². The normalized spacial score (nSPS) is 10.3. The molecule has 18 heavy (non-hydrogen) atoms. The van der Waals surface area contributed by atoms with E-state index in [1.54, 1.807) is 29.1 Å². The van der Waals surface area contributed by atoms with Gasteiger partial charge in [-0.05, 0) is 40.2 Å². The van der Waals surface area contributed by atoms with Crippen molar-refractivity contribution < 1.29 is 4.79 Å². The van der Waals surface area contributed by atoms with Gasteiger partial charge in [0.25, 0.3) is 0 Å². The van der Waals surface area contributed by atoms with E-state index in [-0.39, 0.29) is 5.91 Å². The highest BCUT2D eigenvalue weighted by Gasteiger charge is 2.04. The molecular formula is C12H11BrClN3O. The Labute approximate surface area is 118 Å². The zero-order valence-electron chi connectivity index (χ0n) is 9.44. The number of rotatable bonds is 4. The topological polar surface area (TPSA) is 46.9 Å². The van der Waals surface area contributed by atoms with Gasteiger partial charge in [0.2, 0.25) is 5.91 Å². The van der Waals surface area contributed by atoms with Crippen LogP contribution in [-0.2, 0) is 11.3 Å². The maximum absolute atomic E-state index is 11.7. The van der Waals surface area contributed by atoms with Crippen LogP contribution in [0.4, 0.5) is 5.69 Å². The molecule has 1 N–H and O–H groups in total. The van der Waals surface area contributed by atoms with E-state index in [1.807, 2.05) is 12.3 Å². The predicted octanol–water partition coefficient (Wildman–Crippen LogP) is 3.33. The number of halogens is 2. The van der Waals surface area contributed by atoms with E-state index in [0.29, 0.717) is 18.0 Å². The second-order valence-electron chi connectivity index (χ2n) is 3.70. The van der Waals surface area contributed by atoms with Gasteiger partial charge in [-0.1, -0.05) is 11.6 Å². The number of aromatic nitrogens is 2. The van der Waals surface area contributed by atoms with Crippen LogP contribution < -0.4 is 5.32 Å². The summed E-state index contributed by atoms with van der Waals surface area (Å²) in [4.78, 5) is 11.7. The van der Waals surface area contributed by atoms with Gasteiger partial charge in [-0.15, -0.1) is 0 Å². The Kier molecular flexibility index (Phi) is 4.38. The van der Waals surface area contributed by atoms with Crippen LogP contribution in [0.2, 0.25) is 5.02 Å². The summed E-state index contributed by atoms with van der Waals surface area (Å²) in [5, 5.41) is 7.45. The number of anilines is 1. The Morgan fingerprint density at radius 3 is 3.00 bits per heavy atom. The Hall–Kier alpha value is -1.33. The molecule has 4 nitrogen and oxygen atoms in total. The third kappa shape index (κ3) is 3.58. The summed E-state index contributed by atoms with van der Waals surface area (Å²) in [6, 6.07) is 7.09. The van der Waals surface area contributed by atoms with Crippen molar-refractivity contribution in [3.8, 4) is 0 Å². The van der Waals surface area contributed by atoms with Crippen molar-refractivity contribution in [2.45, 2.75) is 13.0 Å². The fourth-order valence-electron chi connectivity index (χ4n) is 1.45. The molecule has 2 rings (SSSR count). The zero-order valence-corrected chi connectivity index (χ0v) is 11.8. The number of amides is 1. The summed E-state index contributed by atoms with van der Waals surface area (Å²) >= 11 is 9.18. The predicted molar refractivity (Wildman–Crippen MR) is 74.6 cm³/mol. The first-order chi connectivity index (χ1) is 8.65. The third-order valence-electron chi connectivity index (χ3n) is 2.33. The van der Waals surface area contributed by atoms with Crippen LogP contribution in [0.1, 0.15) is 6.42 Å². The van der Waals surface area contributed by atoms with Crippen molar-refractivity contribution in [3.63, 3.8) is 0 Å². The molecule has 0 radical (unpaired) electrons. The Morgan fingerprint density at radius 1 is 1.50 bits per heavy atom. The van der Waals surface area contributed by atoms with Gasteiger partial charge in [-0.2, -0.15) is 5.10 Å². The summed E-state index contributed by atoms with van der Waals surface area (Å²) < 4.78 is 2.48. The van der Waals surface area contributed by atoms with Crippen LogP contribution >= 0.6 is 27.5 Å². The third-order valence-corrected chi connectivity index (χ3v) is 3.54. The molecule has 1 heterocycles. The summed E-state index contributed by atoms with van der Waals surface area (Å²) in [5.74, 6) is -0.0558. The number of aryl methyl sites for hydroxylation is 1. The highest BCUT2D eigenvalue weighted by molar-refractivity contribution is 9.10. The van der Waals surface area contributed by atoms with Gasteiger partial charge in [-0.25, -0.2) is 0 Å². The fourth-order valence-corrected chi connectivity index (χ4v) is 1.94. The molecule has 0 spiro atoms. The molecule has 0 bridgehead atoms. The molecule has 1 amide bonds. The lowest BCUT2D eigenvalue weighted by atomic mass is 10.3. The molecule has 1 aromatic heterocycles. The Bertz CT molecular complexity index is 542. The first kappa shape index (κ1) is 13.1. The molecule has 1 aromatic carbocycles. The van der Waals surface area contributed by atoms with Crippen molar-refractivity contribution >= 4 is 39.1 Å². The van der Waals surface area contributed by atoms with Crippen LogP contribution in [-0.4, -0.2) is 15.7 Å². The van der Waals surface area contributed by atoms with Gasteiger partial charge >= 0.3 is 0 Å². The quantitative estimate of drug-likeness (QED) is 0.936. The van der Waals surface area contributed by atoms with E-state index in [9.17, 15) is 4.79 Å². The van der Waals surface area contributed by atoms with Gasteiger partial charge in [0.15, 0.2) is 0 Å². The van der Waals surface area contributed by atoms with Crippen LogP contribution in [0.5, 0.6) is 0 Å². The minimum Gasteiger partial charge on any atom is -0.326 e. The first-order valence-corrected chi connectivity index (χ1v) is 6.54. The standard InChI is InChI=1S/C12H11BrClN3O/c13-10-8-9(2-3-11(10)14)16-12(18)4-7-17-6-1-5-15-17/h1-3,5-6,8H,4,7H2,(H,16,18). The highest BCUT2D eigenvalue weighted by atomic mass is 79.9. The second-order valence-corrected chi connectivity index (χ2v) is 4.96. The monoisotopic (exact) mass is 327 g/mol. The molecule has 94 valence electrons. The van der Waals surface area contributed by atoms with E-state index in [4.69, 9.17) is 11.6 Å². The lowest BCUT2D eigenvalue weighted by molar-refractivity contribution is -0.116. The van der Waals surface area contributed by atoms with Gasteiger partial charge in [-0.3, -0.25) is 9.48 Å². The molecule has 0 saturated carbocycles. The average molecular weight is 329 g/mol. The average Bonchev–Trinajstić information content (AvgIpc) is 2.84. The molecule has 0 fully saturated rings. The largest absolute Gasteiger partial charge is 0.326 e. The summed E-state index contributed by atoms with van der Waals surface area (Å²) in [5.41, 5.74) is 0.719. The van der Waals surface area contributed by atoms with E-state index < -0.39 is 0 Å². The first-order valence-electron chi connectivity index (χ1n) is 5.37. The van der Waals surface area contributed by atoms with Crippen molar-refractivity contribution in [1.82, 2.24) is 9.78 Å². The van der Waals surface area contributed by atoms with Crippen LogP contribution in [0.3, 0.4) is 0 Å². The van der Waals surface area contributed by atoms with Crippen molar-refractivity contribution in [2.24, 2.45) is 0 Å². The van der Waals surface area contributed by atoms with E-state index in [0.717, 1.165) is 10.2 Å². The molecule has 0 aliphatic carbocycles. The maximum atomic E-state index is 11.7. The smallest absolute Gasteiger partial charge is 0.226 e. The van der Waals surface area contributed by atoms with Crippen LogP contribution in [0.25, 0.3) is 0 Å². The van der Waals surface area contributed by atoms with Gasteiger partial charge in [0.05, 0.1) is 5.02 Å². The van der Waals surface area contributed by atoms with Crippen molar-refractivity contribution in [1.29, 1.82) is 0 Å². The van der Waals surface area contributed by atoms with Gasteiger partial charge in [0.1, 0.15) is 0 Å². The molecular weight excluding hydrogens is 318 g/mol. The number of hydrogen-bond acceptors (Lipinski definition) is 2. The number of nitrogens with zero attached hydrogens (tertiary/aromatic N) is 2. The minimum atomic E-state index is -0.0558. The SMILES string of the molecule is O=C(CCn1cccn1)Nc1ccc(Cl)c(Br)c1. The molecule has 0 aliphatic heterocycles. The molecule has 0 saturated heterocycles.